The van der Waals surface area contributed by atoms with Crippen LogP contribution in [0.4, 0.5) is 0 Å². The average molecular weight is 233 g/mol. The van der Waals surface area contributed by atoms with Crippen molar-refractivity contribution in [3.8, 4) is 0 Å². The summed E-state index contributed by atoms with van der Waals surface area (Å²) in [6.45, 7) is 4.16. The molecule has 0 N–H and O–H groups in total. The maximum Gasteiger partial charge on any atom is 0.289 e. The average Bonchev–Trinajstić information content (AvgIpc) is 2.86. The van der Waals surface area contributed by atoms with E-state index in [2.05, 4.69) is 0 Å². The molecular formula is C13H15NO3. The molecule has 0 fully saturated rings. The number of rotatable bonds is 3. The lowest BCUT2D eigenvalue weighted by Crippen LogP contribution is -2.26. The minimum atomic E-state index is -0.137. The highest BCUT2D eigenvalue weighted by atomic mass is 16.3. The molecule has 0 aliphatic rings. The normalized spacial score (nSPS) is 10.5. The van der Waals surface area contributed by atoms with Crippen molar-refractivity contribution < 1.29 is 13.6 Å². The second-order valence-electron chi connectivity index (χ2n) is 4.11. The molecule has 0 saturated heterocycles. The van der Waals surface area contributed by atoms with Crippen LogP contribution >= 0.6 is 0 Å². The SMILES string of the molecule is Cc1ccc(CN(C)C(=O)c2occc2C)o1. The molecule has 0 aromatic carbocycles. The Labute approximate surface area is 99.8 Å². The predicted octanol–water partition coefficient (Wildman–Crippen LogP) is 2.76. The van der Waals surface area contributed by atoms with Crippen molar-refractivity contribution in [2.45, 2.75) is 20.4 Å². The maximum atomic E-state index is 12.0. The second-order valence-corrected chi connectivity index (χ2v) is 4.11. The van der Waals surface area contributed by atoms with Crippen molar-refractivity contribution in [3.05, 3.63) is 47.3 Å². The van der Waals surface area contributed by atoms with Crippen molar-refractivity contribution in [1.29, 1.82) is 0 Å². The molecule has 2 heterocycles. The molecule has 0 spiro atoms. The number of amides is 1. The summed E-state index contributed by atoms with van der Waals surface area (Å²) in [6, 6.07) is 5.53. The van der Waals surface area contributed by atoms with Gasteiger partial charge in [0.15, 0.2) is 5.76 Å². The molecule has 0 bridgehead atoms. The Balaban J connectivity index is 2.08. The van der Waals surface area contributed by atoms with Crippen LogP contribution in [0, 0.1) is 13.8 Å². The molecule has 0 atom stereocenters. The monoisotopic (exact) mass is 233 g/mol. The molecule has 0 unspecified atom stereocenters. The van der Waals surface area contributed by atoms with Gasteiger partial charge >= 0.3 is 0 Å². The van der Waals surface area contributed by atoms with Gasteiger partial charge in [0.1, 0.15) is 11.5 Å². The van der Waals surface area contributed by atoms with E-state index in [-0.39, 0.29) is 5.91 Å². The van der Waals surface area contributed by atoms with E-state index in [4.69, 9.17) is 8.83 Å². The molecular weight excluding hydrogens is 218 g/mol. The summed E-state index contributed by atoms with van der Waals surface area (Å²) in [5, 5.41) is 0. The molecule has 90 valence electrons. The van der Waals surface area contributed by atoms with Gasteiger partial charge in [0, 0.05) is 12.6 Å². The quantitative estimate of drug-likeness (QED) is 0.818. The fourth-order valence-electron chi connectivity index (χ4n) is 1.64. The summed E-state index contributed by atoms with van der Waals surface area (Å²) in [6.07, 6.45) is 1.52. The van der Waals surface area contributed by atoms with Gasteiger partial charge in [-0.25, -0.2) is 0 Å². The van der Waals surface area contributed by atoms with Crippen LogP contribution in [0.2, 0.25) is 0 Å². The molecule has 0 aliphatic carbocycles. The van der Waals surface area contributed by atoms with Crippen LogP contribution in [-0.2, 0) is 6.54 Å². The fourth-order valence-corrected chi connectivity index (χ4v) is 1.64. The molecule has 2 rings (SSSR count). The number of nitrogens with zero attached hydrogens (tertiary/aromatic N) is 1. The van der Waals surface area contributed by atoms with Crippen molar-refractivity contribution >= 4 is 5.91 Å². The van der Waals surface area contributed by atoms with Crippen molar-refractivity contribution in [2.75, 3.05) is 7.05 Å². The highest BCUT2D eigenvalue weighted by Gasteiger charge is 2.18. The highest BCUT2D eigenvalue weighted by molar-refractivity contribution is 5.92. The number of furan rings is 2. The van der Waals surface area contributed by atoms with E-state index in [1.807, 2.05) is 26.0 Å². The Morgan fingerprint density at radius 2 is 2.06 bits per heavy atom. The minimum Gasteiger partial charge on any atom is -0.464 e. The molecule has 1 amide bonds. The molecule has 2 aromatic rings. The molecule has 2 aromatic heterocycles. The molecule has 0 saturated carbocycles. The maximum absolute atomic E-state index is 12.0. The van der Waals surface area contributed by atoms with E-state index in [0.717, 1.165) is 17.1 Å². The molecule has 17 heavy (non-hydrogen) atoms. The van der Waals surface area contributed by atoms with Gasteiger partial charge in [0.2, 0.25) is 0 Å². The van der Waals surface area contributed by atoms with Gasteiger partial charge in [-0.05, 0) is 32.0 Å². The standard InChI is InChI=1S/C13H15NO3/c1-9-6-7-16-12(9)13(15)14(3)8-11-5-4-10(2)17-11/h4-7H,8H2,1-3H3. The Morgan fingerprint density at radius 3 is 2.59 bits per heavy atom. The summed E-state index contributed by atoms with van der Waals surface area (Å²) in [5.41, 5.74) is 0.845. The molecule has 0 aliphatic heterocycles. The van der Waals surface area contributed by atoms with E-state index in [1.165, 1.54) is 6.26 Å². The van der Waals surface area contributed by atoms with Crippen LogP contribution in [0.5, 0.6) is 0 Å². The lowest BCUT2D eigenvalue weighted by Gasteiger charge is -2.14. The third-order valence-corrected chi connectivity index (χ3v) is 2.59. The van der Waals surface area contributed by atoms with Gasteiger partial charge in [-0.15, -0.1) is 0 Å². The van der Waals surface area contributed by atoms with E-state index < -0.39 is 0 Å². The summed E-state index contributed by atoms with van der Waals surface area (Å²) >= 11 is 0. The van der Waals surface area contributed by atoms with Gasteiger partial charge < -0.3 is 13.7 Å². The van der Waals surface area contributed by atoms with E-state index >= 15 is 0 Å². The third kappa shape index (κ3) is 2.41. The first-order valence-corrected chi connectivity index (χ1v) is 5.43. The second kappa shape index (κ2) is 4.49. The van der Waals surface area contributed by atoms with Crippen molar-refractivity contribution in [3.63, 3.8) is 0 Å². The van der Waals surface area contributed by atoms with Gasteiger partial charge in [0.25, 0.3) is 5.91 Å². The number of aryl methyl sites for hydroxylation is 2. The van der Waals surface area contributed by atoms with Crippen LogP contribution in [0.1, 0.15) is 27.6 Å². The molecule has 4 heteroatoms. The summed E-state index contributed by atoms with van der Waals surface area (Å²) in [7, 11) is 1.72. The van der Waals surface area contributed by atoms with E-state index in [9.17, 15) is 4.79 Å². The van der Waals surface area contributed by atoms with Gasteiger partial charge in [-0.1, -0.05) is 0 Å². The predicted molar refractivity (Wildman–Crippen MR) is 62.7 cm³/mol. The zero-order valence-corrected chi connectivity index (χ0v) is 10.2. The summed E-state index contributed by atoms with van der Waals surface area (Å²) < 4.78 is 10.6. The zero-order valence-electron chi connectivity index (χ0n) is 10.2. The van der Waals surface area contributed by atoms with Crippen LogP contribution < -0.4 is 0 Å². The zero-order chi connectivity index (χ0) is 12.4. The number of carbonyl (C=O) groups excluding carboxylic acids is 1. The Kier molecular flexibility index (Phi) is 3.04. The first-order chi connectivity index (χ1) is 8.08. The number of hydrogen-bond acceptors (Lipinski definition) is 3. The smallest absolute Gasteiger partial charge is 0.289 e. The van der Waals surface area contributed by atoms with E-state index in [1.54, 1.807) is 18.0 Å². The minimum absolute atomic E-state index is 0.137. The highest BCUT2D eigenvalue weighted by Crippen LogP contribution is 2.14. The first kappa shape index (κ1) is 11.5. The Bertz CT molecular complexity index is 524. The summed E-state index contributed by atoms with van der Waals surface area (Å²) in [4.78, 5) is 13.6. The van der Waals surface area contributed by atoms with Gasteiger partial charge in [-0.2, -0.15) is 0 Å². The van der Waals surface area contributed by atoms with Crippen molar-refractivity contribution in [2.24, 2.45) is 0 Å². The van der Waals surface area contributed by atoms with Gasteiger partial charge in [0.05, 0.1) is 12.8 Å². The summed E-state index contributed by atoms with van der Waals surface area (Å²) in [5.74, 6) is 1.86. The van der Waals surface area contributed by atoms with Crippen LogP contribution in [-0.4, -0.2) is 17.9 Å². The largest absolute Gasteiger partial charge is 0.464 e. The number of hydrogen-bond donors (Lipinski definition) is 0. The lowest BCUT2D eigenvalue weighted by atomic mass is 10.2. The van der Waals surface area contributed by atoms with Crippen LogP contribution in [0.15, 0.2) is 33.3 Å². The first-order valence-electron chi connectivity index (χ1n) is 5.43. The van der Waals surface area contributed by atoms with Gasteiger partial charge in [-0.3, -0.25) is 4.79 Å². The van der Waals surface area contributed by atoms with Crippen LogP contribution in [0.25, 0.3) is 0 Å². The fraction of sp³-hybridized carbons (Fsp3) is 0.308. The topological polar surface area (TPSA) is 46.6 Å². The molecule has 0 radical (unpaired) electrons. The third-order valence-electron chi connectivity index (χ3n) is 2.59. The van der Waals surface area contributed by atoms with E-state index in [0.29, 0.717) is 12.3 Å². The van der Waals surface area contributed by atoms with Crippen LogP contribution in [0.3, 0.4) is 0 Å². The Hall–Kier alpha value is -1.97. The molecule has 4 nitrogen and oxygen atoms in total. The van der Waals surface area contributed by atoms with Crippen molar-refractivity contribution in [1.82, 2.24) is 4.90 Å². The number of carbonyl (C=O) groups is 1. The lowest BCUT2D eigenvalue weighted by molar-refractivity contribution is 0.0742. The Morgan fingerprint density at radius 1 is 1.29 bits per heavy atom.